The molecular weight excluding hydrogens is 426 g/mol. The Morgan fingerprint density at radius 3 is 2.59 bits per heavy atom. The molecule has 2 amide bonds. The van der Waals surface area contributed by atoms with Gasteiger partial charge in [-0.3, -0.25) is 5.01 Å². The zero-order valence-electron chi connectivity index (χ0n) is 18.6. The topological polar surface area (TPSA) is 122 Å². The SMILES string of the molecule is CCC(=NN=C(C)c1nc2ccccc2s1)OCc1c(C)cccc1N(N)C(=O)N(C)N. The van der Waals surface area contributed by atoms with E-state index in [1.807, 2.05) is 57.2 Å². The van der Waals surface area contributed by atoms with Crippen LogP contribution in [-0.2, 0) is 11.3 Å². The molecule has 1 heterocycles. The molecule has 0 aliphatic heterocycles. The molecule has 0 saturated carbocycles. The summed E-state index contributed by atoms with van der Waals surface area (Å²) in [7, 11) is 1.43. The second-order valence-electron chi connectivity index (χ2n) is 7.14. The van der Waals surface area contributed by atoms with Gasteiger partial charge in [0, 0.05) is 19.0 Å². The molecule has 168 valence electrons. The first-order chi connectivity index (χ1) is 15.3. The van der Waals surface area contributed by atoms with Crippen molar-refractivity contribution in [2.24, 2.45) is 21.9 Å². The third kappa shape index (κ3) is 5.28. The van der Waals surface area contributed by atoms with Gasteiger partial charge in [-0.2, -0.15) is 0 Å². The Morgan fingerprint density at radius 2 is 1.91 bits per heavy atom. The predicted octanol–water partition coefficient (Wildman–Crippen LogP) is 3.96. The number of nitrogens with two attached hydrogens (primary N) is 2. The number of urea groups is 1. The highest BCUT2D eigenvalue weighted by Gasteiger charge is 2.19. The number of para-hydroxylation sites is 1. The molecule has 0 bridgehead atoms. The monoisotopic (exact) mass is 453 g/mol. The molecular formula is C22H27N7O2S. The summed E-state index contributed by atoms with van der Waals surface area (Å²) in [5.74, 6) is 12.0. The Balaban J connectivity index is 1.78. The van der Waals surface area contributed by atoms with Crippen molar-refractivity contribution in [3.05, 3.63) is 58.6 Å². The van der Waals surface area contributed by atoms with Crippen LogP contribution in [0.25, 0.3) is 10.2 Å². The van der Waals surface area contributed by atoms with Crippen molar-refractivity contribution in [2.75, 3.05) is 12.1 Å². The van der Waals surface area contributed by atoms with Crippen LogP contribution in [0.2, 0.25) is 0 Å². The molecule has 3 rings (SSSR count). The Labute approximate surface area is 190 Å². The van der Waals surface area contributed by atoms with Crippen LogP contribution in [0.4, 0.5) is 10.5 Å². The summed E-state index contributed by atoms with van der Waals surface area (Å²) in [6.45, 7) is 5.90. The molecule has 0 aliphatic carbocycles. The molecule has 0 aliphatic rings. The minimum Gasteiger partial charge on any atom is -0.475 e. The standard InChI is InChI=1S/C22H27N7O2S/c1-5-20(27-26-15(3)21-25-17-10-6-7-12-19(17)32-21)31-13-16-14(2)9-8-11-18(16)29(24)22(30)28(4)23/h6-12H,5,13,23-24H2,1-4H3. The smallest absolute Gasteiger partial charge is 0.352 e. The lowest BCUT2D eigenvalue weighted by Gasteiger charge is -2.24. The maximum absolute atomic E-state index is 12.2. The zero-order chi connectivity index (χ0) is 23.3. The second kappa shape index (κ2) is 10.3. The molecule has 0 saturated heterocycles. The molecule has 0 radical (unpaired) electrons. The number of ether oxygens (including phenoxy) is 1. The van der Waals surface area contributed by atoms with Crippen LogP contribution in [0.1, 0.15) is 36.4 Å². The van der Waals surface area contributed by atoms with Crippen LogP contribution < -0.4 is 16.7 Å². The van der Waals surface area contributed by atoms with Gasteiger partial charge in [0.05, 0.1) is 21.6 Å². The lowest BCUT2D eigenvalue weighted by Crippen LogP contribution is -2.49. The summed E-state index contributed by atoms with van der Waals surface area (Å²) >= 11 is 1.57. The molecule has 2 aromatic carbocycles. The molecule has 3 aromatic rings. The van der Waals surface area contributed by atoms with Crippen LogP contribution in [0.5, 0.6) is 0 Å². The van der Waals surface area contributed by atoms with Gasteiger partial charge >= 0.3 is 6.03 Å². The number of aryl methyl sites for hydroxylation is 1. The van der Waals surface area contributed by atoms with Gasteiger partial charge in [-0.25, -0.2) is 26.5 Å². The van der Waals surface area contributed by atoms with Gasteiger partial charge in [0.1, 0.15) is 11.6 Å². The highest BCUT2D eigenvalue weighted by Crippen LogP contribution is 2.24. The van der Waals surface area contributed by atoms with Gasteiger partial charge in [-0.05, 0) is 37.6 Å². The minimum atomic E-state index is -0.544. The van der Waals surface area contributed by atoms with E-state index in [2.05, 4.69) is 15.2 Å². The van der Waals surface area contributed by atoms with Crippen molar-refractivity contribution in [1.82, 2.24) is 9.99 Å². The highest BCUT2D eigenvalue weighted by molar-refractivity contribution is 7.20. The van der Waals surface area contributed by atoms with Gasteiger partial charge in [-0.1, -0.05) is 31.2 Å². The Bertz CT molecular complexity index is 1140. The van der Waals surface area contributed by atoms with E-state index in [-0.39, 0.29) is 6.61 Å². The summed E-state index contributed by atoms with van der Waals surface area (Å²) in [5, 5.41) is 11.3. The maximum Gasteiger partial charge on any atom is 0.352 e. The lowest BCUT2D eigenvalue weighted by molar-refractivity contribution is 0.216. The minimum absolute atomic E-state index is 0.180. The van der Waals surface area contributed by atoms with Crippen LogP contribution in [0.15, 0.2) is 52.7 Å². The number of aromatic nitrogens is 1. The molecule has 0 atom stereocenters. The van der Waals surface area contributed by atoms with Crippen molar-refractivity contribution in [1.29, 1.82) is 0 Å². The molecule has 0 spiro atoms. The van der Waals surface area contributed by atoms with Crippen molar-refractivity contribution >= 4 is 44.9 Å². The lowest BCUT2D eigenvalue weighted by atomic mass is 10.1. The van der Waals surface area contributed by atoms with Crippen LogP contribution >= 0.6 is 11.3 Å². The fraction of sp³-hybridized carbons (Fsp3) is 0.273. The number of fused-ring (bicyclic) bond motifs is 1. The van der Waals surface area contributed by atoms with Crippen LogP contribution in [-0.4, -0.2) is 34.7 Å². The zero-order valence-corrected chi connectivity index (χ0v) is 19.4. The first-order valence-corrected chi connectivity index (χ1v) is 10.9. The first kappa shape index (κ1) is 23.3. The summed E-state index contributed by atoms with van der Waals surface area (Å²) in [4.78, 5) is 16.8. The summed E-state index contributed by atoms with van der Waals surface area (Å²) in [6.07, 6.45) is 0.550. The van der Waals surface area contributed by atoms with Crippen molar-refractivity contribution in [3.8, 4) is 0 Å². The quantitative estimate of drug-likeness (QED) is 0.192. The van der Waals surface area contributed by atoms with E-state index in [1.165, 1.54) is 7.05 Å². The van der Waals surface area contributed by atoms with Crippen LogP contribution in [0, 0.1) is 6.92 Å². The number of thiazole rings is 1. The van der Waals surface area contributed by atoms with E-state index in [0.717, 1.165) is 36.4 Å². The van der Waals surface area contributed by atoms with Crippen molar-refractivity contribution in [3.63, 3.8) is 0 Å². The summed E-state index contributed by atoms with van der Waals surface area (Å²) in [5.41, 5.74) is 3.85. The van der Waals surface area contributed by atoms with Gasteiger partial charge in [0.25, 0.3) is 0 Å². The fourth-order valence-corrected chi connectivity index (χ4v) is 3.84. The predicted molar refractivity (Wildman–Crippen MR) is 130 cm³/mol. The number of rotatable bonds is 6. The van der Waals surface area contributed by atoms with E-state index in [0.29, 0.717) is 23.7 Å². The number of hydrogen-bond donors (Lipinski definition) is 2. The second-order valence-corrected chi connectivity index (χ2v) is 8.17. The molecule has 1 aromatic heterocycles. The van der Waals surface area contributed by atoms with E-state index in [9.17, 15) is 4.79 Å². The van der Waals surface area contributed by atoms with E-state index in [1.54, 1.807) is 17.4 Å². The Morgan fingerprint density at radius 1 is 1.16 bits per heavy atom. The third-order valence-electron chi connectivity index (χ3n) is 4.75. The molecule has 0 fully saturated rings. The number of anilines is 1. The van der Waals surface area contributed by atoms with E-state index >= 15 is 0 Å². The summed E-state index contributed by atoms with van der Waals surface area (Å²) < 4.78 is 7.02. The van der Waals surface area contributed by atoms with Crippen molar-refractivity contribution < 1.29 is 9.53 Å². The third-order valence-corrected chi connectivity index (χ3v) is 5.90. The van der Waals surface area contributed by atoms with Crippen molar-refractivity contribution in [2.45, 2.75) is 33.8 Å². The first-order valence-electron chi connectivity index (χ1n) is 10.1. The fourth-order valence-electron chi connectivity index (χ4n) is 2.93. The van der Waals surface area contributed by atoms with E-state index in [4.69, 9.17) is 16.4 Å². The molecule has 32 heavy (non-hydrogen) atoms. The maximum atomic E-state index is 12.2. The van der Waals surface area contributed by atoms with Crippen LogP contribution in [0.3, 0.4) is 0 Å². The summed E-state index contributed by atoms with van der Waals surface area (Å²) in [6, 6.07) is 12.9. The Kier molecular flexibility index (Phi) is 7.52. The molecule has 10 heteroatoms. The Hall–Kier alpha value is -3.34. The normalized spacial score (nSPS) is 12.2. The van der Waals surface area contributed by atoms with Gasteiger partial charge in [-0.15, -0.1) is 21.5 Å². The van der Waals surface area contributed by atoms with Gasteiger partial charge in [0.2, 0.25) is 5.90 Å². The largest absolute Gasteiger partial charge is 0.475 e. The molecule has 4 N–H and O–H groups in total. The van der Waals surface area contributed by atoms with Gasteiger partial charge in [0.15, 0.2) is 0 Å². The number of carbonyl (C=O) groups is 1. The highest BCUT2D eigenvalue weighted by atomic mass is 32.1. The number of hydrogen-bond acceptors (Lipinski definition) is 8. The van der Waals surface area contributed by atoms with E-state index < -0.39 is 6.03 Å². The number of benzene rings is 2. The molecule has 0 unspecified atom stereocenters. The average molecular weight is 454 g/mol. The average Bonchev–Trinajstić information content (AvgIpc) is 3.23. The number of nitrogens with zero attached hydrogens (tertiary/aromatic N) is 5. The number of hydrazine groups is 2. The number of amides is 2. The number of carbonyl (C=O) groups excluding carboxylic acids is 1. The molecule has 9 nitrogen and oxygen atoms in total. The van der Waals surface area contributed by atoms with Gasteiger partial charge < -0.3 is 4.74 Å².